The van der Waals surface area contributed by atoms with Crippen LogP contribution in [0.5, 0.6) is 0 Å². The summed E-state index contributed by atoms with van der Waals surface area (Å²) in [6.45, 7) is 5.67. The predicted molar refractivity (Wildman–Crippen MR) is 97.5 cm³/mol. The summed E-state index contributed by atoms with van der Waals surface area (Å²) in [4.78, 5) is 14.8. The number of non-ortho nitro benzene ring substituents is 1. The lowest BCUT2D eigenvalue weighted by Crippen LogP contribution is -2.49. The van der Waals surface area contributed by atoms with Gasteiger partial charge in [0.25, 0.3) is 5.69 Å². The molecule has 2 atom stereocenters. The smallest absolute Gasteiger partial charge is 0.269 e. The topological polar surface area (TPSA) is 88.3 Å². The zero-order chi connectivity index (χ0) is 18.4. The van der Waals surface area contributed by atoms with Crippen molar-refractivity contribution in [2.24, 2.45) is 0 Å². The van der Waals surface area contributed by atoms with Gasteiger partial charge in [-0.15, -0.1) is 0 Å². The number of hydrogen-bond donors (Lipinski definition) is 1. The summed E-state index contributed by atoms with van der Waals surface area (Å²) in [5.41, 5.74) is 1.11. The van der Waals surface area contributed by atoms with E-state index in [1.54, 1.807) is 12.1 Å². The Morgan fingerprint density at radius 2 is 2.00 bits per heavy atom. The van der Waals surface area contributed by atoms with Crippen molar-refractivity contribution in [2.75, 3.05) is 57.4 Å². The third-order valence-electron chi connectivity index (χ3n) is 4.90. The van der Waals surface area contributed by atoms with E-state index < -0.39 is 6.10 Å². The minimum atomic E-state index is -0.498. The number of nitro benzene ring substituents is 1. The average Bonchev–Trinajstić information content (AvgIpc) is 3.16. The third-order valence-corrected chi connectivity index (χ3v) is 4.90. The molecule has 0 spiro atoms. The molecule has 0 aromatic heterocycles. The molecule has 1 aromatic carbocycles. The SMILES string of the molecule is O=[N+]([O-])c1ccc(N2CCN(CC(O)COCC3CCCO3)CC2)cc1. The zero-order valence-corrected chi connectivity index (χ0v) is 15.0. The second kappa shape index (κ2) is 9.27. The van der Waals surface area contributed by atoms with Gasteiger partial charge in [0, 0.05) is 57.2 Å². The summed E-state index contributed by atoms with van der Waals surface area (Å²) in [6, 6.07) is 6.66. The van der Waals surface area contributed by atoms with E-state index in [2.05, 4.69) is 9.80 Å². The van der Waals surface area contributed by atoms with Crippen LogP contribution in [0, 0.1) is 10.1 Å². The number of piperazine rings is 1. The molecule has 0 bridgehead atoms. The molecule has 26 heavy (non-hydrogen) atoms. The molecule has 0 aliphatic carbocycles. The number of rotatable bonds is 8. The Morgan fingerprint density at radius 1 is 1.27 bits per heavy atom. The standard InChI is InChI=1S/C18H27N3O5/c22-17(13-25-14-18-2-1-11-26-18)12-19-7-9-20(10-8-19)15-3-5-16(6-4-15)21(23)24/h3-6,17-18,22H,1-2,7-14H2. The van der Waals surface area contributed by atoms with Gasteiger partial charge in [0.1, 0.15) is 0 Å². The summed E-state index contributed by atoms with van der Waals surface area (Å²) >= 11 is 0. The first-order valence-corrected chi connectivity index (χ1v) is 9.21. The van der Waals surface area contributed by atoms with Crippen LogP contribution in [0.15, 0.2) is 24.3 Å². The van der Waals surface area contributed by atoms with Crippen LogP contribution in [0.2, 0.25) is 0 Å². The molecule has 1 N–H and O–H groups in total. The van der Waals surface area contributed by atoms with Crippen LogP contribution < -0.4 is 4.90 Å². The van der Waals surface area contributed by atoms with Crippen LogP contribution in [0.1, 0.15) is 12.8 Å². The third kappa shape index (κ3) is 5.38. The molecule has 2 saturated heterocycles. The zero-order valence-electron chi connectivity index (χ0n) is 15.0. The van der Waals surface area contributed by atoms with Crippen LogP contribution in [0.3, 0.4) is 0 Å². The number of nitro groups is 1. The maximum Gasteiger partial charge on any atom is 0.269 e. The second-order valence-corrected chi connectivity index (χ2v) is 6.89. The first-order chi connectivity index (χ1) is 12.6. The number of aliphatic hydroxyl groups excluding tert-OH is 1. The normalized spacial score (nSPS) is 22.5. The number of hydrogen-bond acceptors (Lipinski definition) is 7. The van der Waals surface area contributed by atoms with Gasteiger partial charge >= 0.3 is 0 Å². The summed E-state index contributed by atoms with van der Waals surface area (Å²) in [7, 11) is 0. The lowest BCUT2D eigenvalue weighted by molar-refractivity contribution is -0.384. The van der Waals surface area contributed by atoms with E-state index in [9.17, 15) is 15.2 Å². The van der Waals surface area contributed by atoms with Crippen molar-refractivity contribution in [2.45, 2.75) is 25.0 Å². The molecule has 2 heterocycles. The minimum absolute atomic E-state index is 0.110. The van der Waals surface area contributed by atoms with Gasteiger partial charge in [-0.3, -0.25) is 15.0 Å². The Bertz CT molecular complexity index is 569. The molecule has 1 aromatic rings. The Hall–Kier alpha value is -1.74. The Morgan fingerprint density at radius 3 is 2.62 bits per heavy atom. The van der Waals surface area contributed by atoms with Gasteiger partial charge in [-0.1, -0.05) is 0 Å². The van der Waals surface area contributed by atoms with Gasteiger partial charge in [-0.05, 0) is 25.0 Å². The maximum atomic E-state index is 10.7. The molecule has 3 rings (SSSR count). The molecule has 2 fully saturated rings. The number of benzene rings is 1. The predicted octanol–water partition coefficient (Wildman–Crippen LogP) is 1.27. The lowest BCUT2D eigenvalue weighted by Gasteiger charge is -2.36. The molecule has 2 unspecified atom stereocenters. The highest BCUT2D eigenvalue weighted by molar-refractivity contribution is 5.51. The monoisotopic (exact) mass is 365 g/mol. The highest BCUT2D eigenvalue weighted by atomic mass is 16.6. The molecule has 0 saturated carbocycles. The Kier molecular flexibility index (Phi) is 6.79. The minimum Gasteiger partial charge on any atom is -0.389 e. The van der Waals surface area contributed by atoms with Crippen LogP contribution in [-0.4, -0.2) is 79.7 Å². The van der Waals surface area contributed by atoms with Crippen LogP contribution in [0.4, 0.5) is 11.4 Å². The first-order valence-electron chi connectivity index (χ1n) is 9.21. The quantitative estimate of drug-likeness (QED) is 0.548. The van der Waals surface area contributed by atoms with Crippen molar-refractivity contribution < 1.29 is 19.5 Å². The molecule has 8 nitrogen and oxygen atoms in total. The van der Waals surface area contributed by atoms with Gasteiger partial charge in [0.05, 0.1) is 30.3 Å². The fraction of sp³-hybridized carbons (Fsp3) is 0.667. The fourth-order valence-corrected chi connectivity index (χ4v) is 3.44. The Balaban J connectivity index is 1.35. The van der Waals surface area contributed by atoms with Crippen molar-refractivity contribution in [1.29, 1.82) is 0 Å². The first kappa shape index (κ1) is 19.0. The van der Waals surface area contributed by atoms with Crippen molar-refractivity contribution in [1.82, 2.24) is 4.90 Å². The largest absolute Gasteiger partial charge is 0.389 e. The molecule has 0 amide bonds. The molecular weight excluding hydrogens is 338 g/mol. The van der Waals surface area contributed by atoms with E-state index in [-0.39, 0.29) is 16.7 Å². The van der Waals surface area contributed by atoms with Crippen LogP contribution >= 0.6 is 0 Å². The van der Waals surface area contributed by atoms with Crippen LogP contribution in [-0.2, 0) is 9.47 Å². The second-order valence-electron chi connectivity index (χ2n) is 6.89. The van der Waals surface area contributed by atoms with Gasteiger partial charge in [-0.25, -0.2) is 0 Å². The maximum absolute atomic E-state index is 10.7. The van der Waals surface area contributed by atoms with Gasteiger partial charge in [0.2, 0.25) is 0 Å². The van der Waals surface area contributed by atoms with Crippen molar-refractivity contribution in [3.63, 3.8) is 0 Å². The Labute approximate surface area is 153 Å². The number of β-amino-alcohol motifs (C(OH)–C–C–N with tert-alkyl or cyclic N) is 1. The molecule has 8 heteroatoms. The van der Waals surface area contributed by atoms with E-state index in [1.165, 1.54) is 12.1 Å². The van der Waals surface area contributed by atoms with Crippen molar-refractivity contribution in [3.8, 4) is 0 Å². The van der Waals surface area contributed by atoms with E-state index in [0.717, 1.165) is 51.3 Å². The lowest BCUT2D eigenvalue weighted by atomic mass is 10.2. The van der Waals surface area contributed by atoms with E-state index in [0.29, 0.717) is 19.8 Å². The summed E-state index contributed by atoms with van der Waals surface area (Å²) in [5, 5.41) is 20.9. The number of anilines is 1. The van der Waals surface area contributed by atoms with Crippen molar-refractivity contribution >= 4 is 11.4 Å². The van der Waals surface area contributed by atoms with E-state index in [4.69, 9.17) is 9.47 Å². The number of aliphatic hydroxyl groups is 1. The number of nitrogens with zero attached hydrogens (tertiary/aromatic N) is 3. The highest BCUT2D eigenvalue weighted by Crippen LogP contribution is 2.20. The summed E-state index contributed by atoms with van der Waals surface area (Å²) in [6.07, 6.45) is 1.82. The molecule has 2 aliphatic rings. The van der Waals surface area contributed by atoms with Crippen LogP contribution in [0.25, 0.3) is 0 Å². The number of ether oxygens (including phenoxy) is 2. The summed E-state index contributed by atoms with van der Waals surface area (Å²) in [5.74, 6) is 0. The molecule has 2 aliphatic heterocycles. The van der Waals surface area contributed by atoms with E-state index in [1.807, 2.05) is 0 Å². The summed E-state index contributed by atoms with van der Waals surface area (Å²) < 4.78 is 11.1. The van der Waals surface area contributed by atoms with Gasteiger partial charge in [0.15, 0.2) is 0 Å². The van der Waals surface area contributed by atoms with E-state index >= 15 is 0 Å². The molecule has 144 valence electrons. The average molecular weight is 365 g/mol. The highest BCUT2D eigenvalue weighted by Gasteiger charge is 2.21. The molecular formula is C18H27N3O5. The molecule has 0 radical (unpaired) electrons. The van der Waals surface area contributed by atoms with Gasteiger partial charge < -0.3 is 19.5 Å². The fourth-order valence-electron chi connectivity index (χ4n) is 3.44. The van der Waals surface area contributed by atoms with Gasteiger partial charge in [-0.2, -0.15) is 0 Å². The van der Waals surface area contributed by atoms with Crippen molar-refractivity contribution in [3.05, 3.63) is 34.4 Å².